The molecule has 1 aliphatic rings. The first kappa shape index (κ1) is 11.6. The molecule has 0 bridgehead atoms. The third kappa shape index (κ3) is 2.09. The van der Waals surface area contributed by atoms with Crippen LogP contribution in [0.25, 0.3) is 0 Å². The minimum Gasteiger partial charge on any atom is -0.378 e. The summed E-state index contributed by atoms with van der Waals surface area (Å²) in [6.45, 7) is 2.09. The zero-order valence-electron chi connectivity index (χ0n) is 10.1. The molecule has 18 heavy (non-hydrogen) atoms. The normalized spacial score (nSPS) is 13.7. The zero-order chi connectivity index (χ0) is 12.5. The number of ether oxygens (including phenoxy) is 1. The van der Waals surface area contributed by atoms with Crippen molar-refractivity contribution >= 4 is 17.3 Å². The van der Waals surface area contributed by atoms with Crippen LogP contribution in [0.3, 0.4) is 0 Å². The maximum absolute atomic E-state index is 5.94. The molecule has 94 valence electrons. The van der Waals surface area contributed by atoms with E-state index in [0.29, 0.717) is 18.3 Å². The van der Waals surface area contributed by atoms with Crippen LogP contribution in [-0.4, -0.2) is 9.55 Å². The zero-order valence-corrected chi connectivity index (χ0v) is 10.9. The molecule has 2 aromatic rings. The van der Waals surface area contributed by atoms with E-state index in [0.717, 1.165) is 18.1 Å². The fraction of sp³-hybridized carbons (Fsp3) is 0.308. The SMILES string of the molecule is Cn1c(Cl)cnc1CNc1ccc2c(c1)COC2. The molecule has 5 heteroatoms. The molecule has 0 unspecified atom stereocenters. The molecule has 0 aliphatic carbocycles. The first-order valence-electron chi connectivity index (χ1n) is 5.83. The summed E-state index contributed by atoms with van der Waals surface area (Å²) in [7, 11) is 1.91. The van der Waals surface area contributed by atoms with Gasteiger partial charge in [0.2, 0.25) is 0 Å². The van der Waals surface area contributed by atoms with Crippen LogP contribution >= 0.6 is 11.6 Å². The van der Waals surface area contributed by atoms with Gasteiger partial charge in [0.1, 0.15) is 11.0 Å². The lowest BCUT2D eigenvalue weighted by Gasteiger charge is -2.08. The number of rotatable bonds is 3. The number of anilines is 1. The second-order valence-corrected chi connectivity index (χ2v) is 4.77. The largest absolute Gasteiger partial charge is 0.378 e. The molecule has 1 aromatic carbocycles. The van der Waals surface area contributed by atoms with E-state index in [2.05, 4.69) is 28.5 Å². The quantitative estimate of drug-likeness (QED) is 0.926. The monoisotopic (exact) mass is 263 g/mol. The highest BCUT2D eigenvalue weighted by Gasteiger charge is 2.11. The average molecular weight is 264 g/mol. The van der Waals surface area contributed by atoms with Crippen LogP contribution in [0, 0.1) is 0 Å². The van der Waals surface area contributed by atoms with Crippen LogP contribution < -0.4 is 5.32 Å². The third-order valence-electron chi connectivity index (χ3n) is 3.20. The Hall–Kier alpha value is -1.52. The van der Waals surface area contributed by atoms with Gasteiger partial charge in [-0.2, -0.15) is 0 Å². The van der Waals surface area contributed by atoms with Gasteiger partial charge in [-0.05, 0) is 23.3 Å². The summed E-state index contributed by atoms with van der Waals surface area (Å²) in [6.07, 6.45) is 1.66. The van der Waals surface area contributed by atoms with Gasteiger partial charge in [0, 0.05) is 12.7 Å². The summed E-state index contributed by atoms with van der Waals surface area (Å²) in [5, 5.41) is 3.99. The second kappa shape index (κ2) is 4.63. The Bertz CT molecular complexity index is 580. The molecule has 0 fully saturated rings. The lowest BCUT2D eigenvalue weighted by molar-refractivity contribution is 0.134. The Morgan fingerprint density at radius 2 is 2.22 bits per heavy atom. The van der Waals surface area contributed by atoms with Crippen LogP contribution in [0.5, 0.6) is 0 Å². The van der Waals surface area contributed by atoms with Gasteiger partial charge in [0.05, 0.1) is 26.0 Å². The molecular formula is C13H14ClN3O. The molecule has 0 spiro atoms. The fourth-order valence-corrected chi connectivity index (χ4v) is 2.20. The Kier molecular flexibility index (Phi) is 2.97. The molecule has 0 amide bonds. The summed E-state index contributed by atoms with van der Waals surface area (Å²) in [6, 6.07) is 6.31. The van der Waals surface area contributed by atoms with Gasteiger partial charge in [-0.3, -0.25) is 0 Å². The highest BCUT2D eigenvalue weighted by atomic mass is 35.5. The smallest absolute Gasteiger partial charge is 0.128 e. The van der Waals surface area contributed by atoms with E-state index in [1.54, 1.807) is 6.20 Å². The number of fused-ring (bicyclic) bond motifs is 1. The Morgan fingerprint density at radius 1 is 1.39 bits per heavy atom. The Morgan fingerprint density at radius 3 is 3.00 bits per heavy atom. The summed E-state index contributed by atoms with van der Waals surface area (Å²) < 4.78 is 7.26. The van der Waals surface area contributed by atoms with Crippen molar-refractivity contribution in [3.05, 3.63) is 46.5 Å². The molecule has 3 rings (SSSR count). The van der Waals surface area contributed by atoms with Gasteiger partial charge in [-0.1, -0.05) is 17.7 Å². The van der Waals surface area contributed by atoms with E-state index in [-0.39, 0.29) is 0 Å². The minimum absolute atomic E-state index is 0.647. The van der Waals surface area contributed by atoms with E-state index in [9.17, 15) is 0 Å². The van der Waals surface area contributed by atoms with Crippen molar-refractivity contribution in [1.82, 2.24) is 9.55 Å². The van der Waals surface area contributed by atoms with E-state index in [1.165, 1.54) is 11.1 Å². The summed E-state index contributed by atoms with van der Waals surface area (Å²) in [5.74, 6) is 0.914. The minimum atomic E-state index is 0.647. The predicted octanol–water partition coefficient (Wildman–Crippen LogP) is 2.72. The lowest BCUT2D eigenvalue weighted by Crippen LogP contribution is -2.06. The van der Waals surface area contributed by atoms with Crippen LogP contribution in [0.1, 0.15) is 17.0 Å². The second-order valence-electron chi connectivity index (χ2n) is 4.39. The summed E-state index contributed by atoms with van der Waals surface area (Å²) >= 11 is 5.94. The molecule has 4 nitrogen and oxygen atoms in total. The number of hydrogen-bond donors (Lipinski definition) is 1. The van der Waals surface area contributed by atoms with Crippen molar-refractivity contribution < 1.29 is 4.74 Å². The summed E-state index contributed by atoms with van der Waals surface area (Å²) in [4.78, 5) is 4.25. The van der Waals surface area contributed by atoms with Crippen LogP contribution in [0.15, 0.2) is 24.4 Å². The van der Waals surface area contributed by atoms with Crippen molar-refractivity contribution in [3.8, 4) is 0 Å². The highest BCUT2D eigenvalue weighted by Crippen LogP contribution is 2.23. The van der Waals surface area contributed by atoms with Crippen molar-refractivity contribution in [2.75, 3.05) is 5.32 Å². The maximum Gasteiger partial charge on any atom is 0.128 e. The Labute approximate surface area is 111 Å². The van der Waals surface area contributed by atoms with E-state index >= 15 is 0 Å². The molecule has 0 saturated carbocycles. The molecular weight excluding hydrogens is 250 g/mol. The summed E-state index contributed by atoms with van der Waals surface area (Å²) in [5.41, 5.74) is 3.62. The van der Waals surface area contributed by atoms with E-state index in [4.69, 9.17) is 16.3 Å². The number of aromatic nitrogens is 2. The number of benzene rings is 1. The standard InChI is InChI=1S/C13H14ClN3O/c1-17-12(14)5-16-13(17)6-15-11-3-2-9-7-18-8-10(9)4-11/h2-5,15H,6-8H2,1H3. The topological polar surface area (TPSA) is 39.1 Å². The van der Waals surface area contributed by atoms with Gasteiger partial charge in [0.15, 0.2) is 0 Å². The first-order valence-corrected chi connectivity index (χ1v) is 6.21. The van der Waals surface area contributed by atoms with Crippen molar-refractivity contribution in [3.63, 3.8) is 0 Å². The molecule has 2 heterocycles. The number of imidazole rings is 1. The van der Waals surface area contributed by atoms with Crippen molar-refractivity contribution in [2.45, 2.75) is 19.8 Å². The van der Waals surface area contributed by atoms with Crippen LogP contribution in [-0.2, 0) is 31.5 Å². The molecule has 0 radical (unpaired) electrons. The van der Waals surface area contributed by atoms with Gasteiger partial charge >= 0.3 is 0 Å². The van der Waals surface area contributed by atoms with Crippen molar-refractivity contribution in [2.24, 2.45) is 7.05 Å². The molecule has 1 aliphatic heterocycles. The van der Waals surface area contributed by atoms with Crippen molar-refractivity contribution in [1.29, 1.82) is 0 Å². The van der Waals surface area contributed by atoms with Crippen LogP contribution in [0.2, 0.25) is 5.15 Å². The molecule has 0 atom stereocenters. The van der Waals surface area contributed by atoms with Gasteiger partial charge in [0.25, 0.3) is 0 Å². The molecule has 1 N–H and O–H groups in total. The van der Waals surface area contributed by atoms with E-state index in [1.807, 2.05) is 11.6 Å². The molecule has 1 aromatic heterocycles. The highest BCUT2D eigenvalue weighted by molar-refractivity contribution is 6.29. The number of nitrogens with zero attached hydrogens (tertiary/aromatic N) is 2. The molecule has 0 saturated heterocycles. The number of halogens is 1. The maximum atomic E-state index is 5.94. The first-order chi connectivity index (χ1) is 8.74. The number of hydrogen-bond acceptors (Lipinski definition) is 3. The number of nitrogens with one attached hydrogen (secondary N) is 1. The third-order valence-corrected chi connectivity index (χ3v) is 3.55. The lowest BCUT2D eigenvalue weighted by atomic mass is 10.1. The predicted molar refractivity (Wildman–Crippen MR) is 70.5 cm³/mol. The average Bonchev–Trinajstić information content (AvgIpc) is 2.96. The van der Waals surface area contributed by atoms with E-state index < -0.39 is 0 Å². The van der Waals surface area contributed by atoms with Gasteiger partial charge in [-0.25, -0.2) is 4.98 Å². The van der Waals surface area contributed by atoms with Gasteiger partial charge < -0.3 is 14.6 Å². The van der Waals surface area contributed by atoms with Crippen LogP contribution in [0.4, 0.5) is 5.69 Å². The fourth-order valence-electron chi connectivity index (χ4n) is 2.05. The van der Waals surface area contributed by atoms with Gasteiger partial charge in [-0.15, -0.1) is 0 Å². The Balaban J connectivity index is 1.72.